The van der Waals surface area contributed by atoms with E-state index in [1.54, 1.807) is 25.5 Å². The zero-order valence-electron chi connectivity index (χ0n) is 15.7. The van der Waals surface area contributed by atoms with E-state index >= 15 is 0 Å². The van der Waals surface area contributed by atoms with Gasteiger partial charge >= 0.3 is 6.09 Å². The van der Waals surface area contributed by atoms with Gasteiger partial charge in [-0.15, -0.1) is 11.3 Å². The molecule has 29 heavy (non-hydrogen) atoms. The Morgan fingerprint density at radius 3 is 2.97 bits per heavy atom. The third-order valence-electron chi connectivity index (χ3n) is 4.56. The first-order valence-electron chi connectivity index (χ1n) is 8.99. The van der Waals surface area contributed by atoms with Crippen molar-refractivity contribution in [3.8, 4) is 0 Å². The number of carbonyl (C=O) groups is 2. The molecular formula is C20H19N5O3S. The number of amides is 2. The van der Waals surface area contributed by atoms with Crippen LogP contribution in [0, 0.1) is 0 Å². The maximum absolute atomic E-state index is 12.7. The van der Waals surface area contributed by atoms with Crippen molar-refractivity contribution in [1.82, 2.24) is 19.4 Å². The molecule has 148 valence electrons. The molecule has 1 aliphatic heterocycles. The summed E-state index contributed by atoms with van der Waals surface area (Å²) in [6, 6.07) is 7.34. The SMILES string of the molecule is CN1C(=O)OCC1/C=C/c1csc(NC(=O)c2cccn2Cc2ccncc2)n1. The predicted octanol–water partition coefficient (Wildman–Crippen LogP) is 3.10. The van der Waals surface area contributed by atoms with Crippen molar-refractivity contribution in [2.45, 2.75) is 12.6 Å². The average molecular weight is 409 g/mol. The molecule has 0 spiro atoms. The number of aromatic nitrogens is 3. The fraction of sp³-hybridized carbons (Fsp3) is 0.200. The van der Waals surface area contributed by atoms with Gasteiger partial charge in [0.25, 0.3) is 5.91 Å². The number of nitrogens with zero attached hydrogens (tertiary/aromatic N) is 4. The van der Waals surface area contributed by atoms with E-state index in [0.29, 0.717) is 29.7 Å². The van der Waals surface area contributed by atoms with Crippen LogP contribution in [0.2, 0.25) is 0 Å². The van der Waals surface area contributed by atoms with Gasteiger partial charge in [-0.3, -0.25) is 15.1 Å². The largest absolute Gasteiger partial charge is 0.447 e. The van der Waals surface area contributed by atoms with Gasteiger partial charge in [-0.25, -0.2) is 9.78 Å². The van der Waals surface area contributed by atoms with Gasteiger partial charge in [0, 0.05) is 37.6 Å². The molecule has 1 N–H and O–H groups in total. The lowest BCUT2D eigenvalue weighted by Gasteiger charge is -2.10. The van der Waals surface area contributed by atoms with Crippen LogP contribution in [-0.2, 0) is 11.3 Å². The number of cyclic esters (lactones) is 1. The highest BCUT2D eigenvalue weighted by atomic mass is 32.1. The second-order valence-electron chi connectivity index (χ2n) is 6.52. The number of nitrogens with one attached hydrogen (secondary N) is 1. The Bertz CT molecular complexity index is 1040. The fourth-order valence-electron chi connectivity index (χ4n) is 2.92. The van der Waals surface area contributed by atoms with E-state index in [9.17, 15) is 9.59 Å². The Morgan fingerprint density at radius 2 is 2.21 bits per heavy atom. The zero-order chi connectivity index (χ0) is 20.2. The number of carbonyl (C=O) groups excluding carboxylic acids is 2. The van der Waals surface area contributed by atoms with Crippen molar-refractivity contribution >= 4 is 34.5 Å². The van der Waals surface area contributed by atoms with E-state index in [0.717, 1.165) is 5.56 Å². The minimum atomic E-state index is -0.333. The first-order chi connectivity index (χ1) is 14.1. The number of hydrogen-bond donors (Lipinski definition) is 1. The first kappa shape index (κ1) is 18.9. The smallest absolute Gasteiger partial charge is 0.410 e. The van der Waals surface area contributed by atoms with E-state index in [4.69, 9.17) is 4.74 Å². The molecule has 1 aliphatic rings. The average Bonchev–Trinajstić information content (AvgIpc) is 3.44. The van der Waals surface area contributed by atoms with E-state index < -0.39 is 0 Å². The van der Waals surface area contributed by atoms with Crippen LogP contribution in [0.5, 0.6) is 0 Å². The predicted molar refractivity (Wildman–Crippen MR) is 110 cm³/mol. The topological polar surface area (TPSA) is 89.4 Å². The summed E-state index contributed by atoms with van der Waals surface area (Å²) in [5.74, 6) is -0.219. The Labute approximate surface area is 171 Å². The van der Waals surface area contributed by atoms with Crippen LogP contribution in [-0.4, -0.2) is 51.1 Å². The summed E-state index contributed by atoms with van der Waals surface area (Å²) < 4.78 is 6.86. The molecule has 1 saturated heterocycles. The monoisotopic (exact) mass is 409 g/mol. The zero-order valence-corrected chi connectivity index (χ0v) is 16.5. The molecule has 3 aromatic heterocycles. The van der Waals surface area contributed by atoms with Gasteiger partial charge in [0.15, 0.2) is 5.13 Å². The van der Waals surface area contributed by atoms with Crippen LogP contribution in [0.25, 0.3) is 6.08 Å². The second kappa shape index (κ2) is 8.27. The van der Waals surface area contributed by atoms with Crippen molar-refractivity contribution in [3.05, 3.63) is 71.3 Å². The number of rotatable bonds is 6. The van der Waals surface area contributed by atoms with Crippen molar-refractivity contribution in [2.75, 3.05) is 19.0 Å². The van der Waals surface area contributed by atoms with Crippen molar-refractivity contribution in [2.24, 2.45) is 0 Å². The van der Waals surface area contributed by atoms with Crippen LogP contribution in [0.4, 0.5) is 9.93 Å². The lowest BCUT2D eigenvalue weighted by atomic mass is 10.2. The Balaban J connectivity index is 1.40. The summed E-state index contributed by atoms with van der Waals surface area (Å²) in [6.07, 6.45) is 8.68. The highest BCUT2D eigenvalue weighted by molar-refractivity contribution is 7.14. The summed E-state index contributed by atoms with van der Waals surface area (Å²) in [7, 11) is 1.69. The minimum Gasteiger partial charge on any atom is -0.447 e. The molecule has 9 heteroatoms. The number of hydrogen-bond acceptors (Lipinski definition) is 6. The maximum atomic E-state index is 12.7. The molecule has 0 aromatic carbocycles. The third kappa shape index (κ3) is 4.35. The highest BCUT2D eigenvalue weighted by Gasteiger charge is 2.27. The van der Waals surface area contributed by atoms with Crippen molar-refractivity contribution < 1.29 is 14.3 Å². The Kier molecular flexibility index (Phi) is 5.39. The Morgan fingerprint density at radius 1 is 1.38 bits per heavy atom. The molecule has 1 atom stereocenters. The molecule has 4 rings (SSSR count). The van der Waals surface area contributed by atoms with Gasteiger partial charge in [0.1, 0.15) is 12.3 Å². The maximum Gasteiger partial charge on any atom is 0.410 e. The van der Waals surface area contributed by atoms with Gasteiger partial charge < -0.3 is 14.2 Å². The first-order valence-corrected chi connectivity index (χ1v) is 9.87. The van der Waals surface area contributed by atoms with Gasteiger partial charge in [-0.05, 0) is 35.9 Å². The number of thiazole rings is 1. The van der Waals surface area contributed by atoms with Crippen LogP contribution in [0.3, 0.4) is 0 Å². The highest BCUT2D eigenvalue weighted by Crippen LogP contribution is 2.19. The van der Waals surface area contributed by atoms with E-state index in [1.165, 1.54) is 16.2 Å². The van der Waals surface area contributed by atoms with Crippen LogP contribution < -0.4 is 5.32 Å². The molecule has 4 heterocycles. The van der Waals surface area contributed by atoms with Crippen molar-refractivity contribution in [1.29, 1.82) is 0 Å². The summed E-state index contributed by atoms with van der Waals surface area (Å²) in [5, 5.41) is 5.21. The van der Waals surface area contributed by atoms with Crippen molar-refractivity contribution in [3.63, 3.8) is 0 Å². The summed E-state index contributed by atoms with van der Waals surface area (Å²) in [5.41, 5.74) is 2.33. The standard InChI is InChI=1S/C20H19N5O3S/c1-24-16(12-28-20(24)27)5-4-15-13-29-19(22-15)23-18(26)17-3-2-10-25(17)11-14-6-8-21-9-7-14/h2-10,13,16H,11-12H2,1H3,(H,22,23,26)/b5-4+. The number of anilines is 1. The molecule has 3 aromatic rings. The molecule has 2 amide bonds. The summed E-state index contributed by atoms with van der Waals surface area (Å²) in [6.45, 7) is 0.911. The van der Waals surface area contributed by atoms with Gasteiger partial charge in [-0.1, -0.05) is 6.08 Å². The second-order valence-corrected chi connectivity index (χ2v) is 7.38. The van der Waals surface area contributed by atoms with E-state index in [-0.39, 0.29) is 18.0 Å². The number of likely N-dealkylation sites (N-methyl/N-ethyl adjacent to an activating group) is 1. The lowest BCUT2D eigenvalue weighted by molar-refractivity contribution is 0.101. The quantitative estimate of drug-likeness (QED) is 0.676. The van der Waals surface area contributed by atoms with Gasteiger partial charge in [0.05, 0.1) is 11.7 Å². The minimum absolute atomic E-state index is 0.112. The van der Waals surface area contributed by atoms with E-state index in [2.05, 4.69) is 15.3 Å². The van der Waals surface area contributed by atoms with Crippen LogP contribution >= 0.6 is 11.3 Å². The van der Waals surface area contributed by atoms with Crippen LogP contribution in [0.15, 0.2) is 54.3 Å². The third-order valence-corrected chi connectivity index (χ3v) is 5.33. The molecule has 0 aliphatic carbocycles. The Hall–Kier alpha value is -3.46. The molecule has 0 saturated carbocycles. The molecule has 1 fully saturated rings. The fourth-order valence-corrected chi connectivity index (χ4v) is 3.60. The van der Waals surface area contributed by atoms with Gasteiger partial charge in [-0.2, -0.15) is 0 Å². The summed E-state index contributed by atoms with van der Waals surface area (Å²) >= 11 is 1.35. The normalized spacial score (nSPS) is 16.4. The number of ether oxygens (including phenoxy) is 1. The lowest BCUT2D eigenvalue weighted by Crippen LogP contribution is -2.27. The molecule has 8 nitrogen and oxygen atoms in total. The number of pyridine rings is 1. The molecule has 1 unspecified atom stereocenters. The van der Waals surface area contributed by atoms with Crippen LogP contribution in [0.1, 0.15) is 21.7 Å². The summed E-state index contributed by atoms with van der Waals surface area (Å²) in [4.78, 5) is 34.0. The molecule has 0 bridgehead atoms. The van der Waals surface area contributed by atoms with E-state index in [1.807, 2.05) is 46.5 Å². The van der Waals surface area contributed by atoms with Gasteiger partial charge in [0.2, 0.25) is 0 Å². The molecule has 0 radical (unpaired) electrons. The molecular weight excluding hydrogens is 390 g/mol.